The van der Waals surface area contributed by atoms with Gasteiger partial charge >= 0.3 is 12.0 Å². The van der Waals surface area contributed by atoms with E-state index in [2.05, 4.69) is 10.7 Å². The van der Waals surface area contributed by atoms with Crippen LogP contribution in [0.25, 0.3) is 0 Å². The standard InChI is InChI=1S/C20H25N3O6/c1-13-8-14(2)10-15(9-13)28-12-17(25)29-11-16(24)22-23-18(26)20(21-19(23)27)6-4-3-5-7-20/h8-10H,3-7,11-12H2,1-2H3,(H,21,27)(H,22,24). The minimum atomic E-state index is -0.931. The summed E-state index contributed by atoms with van der Waals surface area (Å²) < 4.78 is 10.2. The Labute approximate surface area is 168 Å². The van der Waals surface area contributed by atoms with Crippen molar-refractivity contribution in [2.75, 3.05) is 13.2 Å². The molecule has 9 heteroatoms. The second-order valence-corrected chi connectivity index (χ2v) is 7.52. The van der Waals surface area contributed by atoms with Gasteiger partial charge in [0.1, 0.15) is 11.3 Å². The van der Waals surface area contributed by atoms with Crippen LogP contribution in [-0.2, 0) is 19.1 Å². The van der Waals surface area contributed by atoms with E-state index in [0.717, 1.165) is 30.4 Å². The molecule has 0 bridgehead atoms. The van der Waals surface area contributed by atoms with Gasteiger partial charge in [0.25, 0.3) is 11.8 Å². The van der Waals surface area contributed by atoms with Crippen molar-refractivity contribution in [1.29, 1.82) is 0 Å². The maximum absolute atomic E-state index is 12.6. The first kappa shape index (κ1) is 20.6. The second-order valence-electron chi connectivity index (χ2n) is 7.52. The Bertz CT molecular complexity index is 811. The number of amides is 4. The molecule has 1 spiro atoms. The molecule has 1 saturated heterocycles. The Balaban J connectivity index is 1.45. The molecule has 0 radical (unpaired) electrons. The lowest BCUT2D eigenvalue weighted by atomic mass is 9.82. The average Bonchev–Trinajstić information content (AvgIpc) is 2.88. The molecule has 0 atom stereocenters. The summed E-state index contributed by atoms with van der Waals surface area (Å²) in [5.74, 6) is -1.46. The van der Waals surface area contributed by atoms with E-state index in [-0.39, 0.29) is 6.61 Å². The molecule has 4 amide bonds. The number of nitrogens with one attached hydrogen (secondary N) is 2. The number of aryl methyl sites for hydroxylation is 2. The third-order valence-electron chi connectivity index (χ3n) is 5.02. The van der Waals surface area contributed by atoms with Crippen LogP contribution in [0.1, 0.15) is 43.2 Å². The van der Waals surface area contributed by atoms with Crippen LogP contribution in [0.2, 0.25) is 0 Å². The molecule has 1 heterocycles. The first-order valence-electron chi connectivity index (χ1n) is 9.62. The van der Waals surface area contributed by atoms with Crippen molar-refractivity contribution in [3.05, 3.63) is 29.3 Å². The molecule has 2 aliphatic rings. The van der Waals surface area contributed by atoms with Crippen LogP contribution in [0.3, 0.4) is 0 Å². The van der Waals surface area contributed by atoms with Crippen molar-refractivity contribution in [1.82, 2.24) is 15.8 Å². The average molecular weight is 403 g/mol. The van der Waals surface area contributed by atoms with Crippen LogP contribution in [0.4, 0.5) is 4.79 Å². The molecule has 0 unspecified atom stereocenters. The predicted molar refractivity (Wildman–Crippen MR) is 102 cm³/mol. The molecule has 1 aliphatic carbocycles. The van der Waals surface area contributed by atoms with E-state index in [0.29, 0.717) is 23.6 Å². The number of carbonyl (C=O) groups is 4. The fraction of sp³-hybridized carbons (Fsp3) is 0.500. The number of carbonyl (C=O) groups excluding carboxylic acids is 4. The van der Waals surface area contributed by atoms with Crippen LogP contribution in [0.5, 0.6) is 5.75 Å². The Morgan fingerprint density at radius 3 is 2.38 bits per heavy atom. The van der Waals surface area contributed by atoms with Crippen molar-refractivity contribution in [2.24, 2.45) is 0 Å². The second kappa shape index (κ2) is 8.50. The van der Waals surface area contributed by atoms with Crippen molar-refractivity contribution in [2.45, 2.75) is 51.5 Å². The number of urea groups is 1. The number of esters is 1. The molecule has 2 N–H and O–H groups in total. The molecular weight excluding hydrogens is 378 g/mol. The smallest absolute Gasteiger partial charge is 0.344 e. The van der Waals surface area contributed by atoms with Crippen LogP contribution >= 0.6 is 0 Å². The highest BCUT2D eigenvalue weighted by Gasteiger charge is 2.52. The van der Waals surface area contributed by atoms with Crippen molar-refractivity contribution in [3.8, 4) is 5.75 Å². The molecule has 2 fully saturated rings. The Kier molecular flexibility index (Phi) is 6.05. The minimum absolute atomic E-state index is 0.359. The van der Waals surface area contributed by atoms with Gasteiger partial charge in [0.2, 0.25) is 0 Å². The molecule has 29 heavy (non-hydrogen) atoms. The third kappa shape index (κ3) is 4.85. The molecule has 0 aromatic heterocycles. The molecule has 1 saturated carbocycles. The van der Waals surface area contributed by atoms with Crippen molar-refractivity contribution < 1.29 is 28.7 Å². The SMILES string of the molecule is Cc1cc(C)cc(OCC(=O)OCC(=O)NN2C(=O)NC3(CCCCC3)C2=O)c1. The van der Waals surface area contributed by atoms with E-state index >= 15 is 0 Å². The van der Waals surface area contributed by atoms with Gasteiger partial charge in [-0.25, -0.2) is 9.59 Å². The van der Waals surface area contributed by atoms with Crippen molar-refractivity contribution >= 4 is 23.8 Å². The molecule has 1 aliphatic heterocycles. The number of benzene rings is 1. The summed E-state index contributed by atoms with van der Waals surface area (Å²) in [5.41, 5.74) is 3.27. The highest BCUT2D eigenvalue weighted by Crippen LogP contribution is 2.32. The minimum Gasteiger partial charge on any atom is -0.482 e. The topological polar surface area (TPSA) is 114 Å². The summed E-state index contributed by atoms with van der Waals surface area (Å²) in [7, 11) is 0. The first-order valence-corrected chi connectivity index (χ1v) is 9.62. The van der Waals surface area contributed by atoms with E-state index in [1.54, 1.807) is 12.1 Å². The third-order valence-corrected chi connectivity index (χ3v) is 5.02. The number of hydrogen-bond acceptors (Lipinski definition) is 6. The number of hydrogen-bond donors (Lipinski definition) is 2. The van der Waals surface area contributed by atoms with Gasteiger partial charge in [-0.2, -0.15) is 5.01 Å². The lowest BCUT2D eigenvalue weighted by Crippen LogP contribution is -2.51. The Morgan fingerprint density at radius 2 is 1.72 bits per heavy atom. The number of ether oxygens (including phenoxy) is 2. The monoisotopic (exact) mass is 403 g/mol. The Hall–Kier alpha value is -3.10. The molecule has 1 aromatic rings. The molecule has 9 nitrogen and oxygen atoms in total. The van der Waals surface area contributed by atoms with Gasteiger partial charge in [-0.15, -0.1) is 0 Å². The van der Waals surface area contributed by atoms with E-state index < -0.39 is 36.0 Å². The van der Waals surface area contributed by atoms with Crippen LogP contribution in [0, 0.1) is 13.8 Å². The zero-order chi connectivity index (χ0) is 21.0. The summed E-state index contributed by atoms with van der Waals surface area (Å²) >= 11 is 0. The molecule has 1 aromatic carbocycles. The lowest BCUT2D eigenvalue weighted by molar-refractivity contribution is -0.152. The van der Waals surface area contributed by atoms with Crippen molar-refractivity contribution in [3.63, 3.8) is 0 Å². The molecule has 3 rings (SSSR count). The summed E-state index contributed by atoms with van der Waals surface area (Å²) in [6.45, 7) is 2.84. The van der Waals surface area contributed by atoms with Gasteiger partial charge in [0, 0.05) is 0 Å². The summed E-state index contributed by atoms with van der Waals surface area (Å²) in [5, 5.41) is 3.36. The highest BCUT2D eigenvalue weighted by atomic mass is 16.6. The zero-order valence-corrected chi connectivity index (χ0v) is 16.6. The van der Waals surface area contributed by atoms with Crippen LogP contribution in [-0.4, -0.2) is 47.6 Å². The number of hydrazine groups is 1. The largest absolute Gasteiger partial charge is 0.482 e. The first-order chi connectivity index (χ1) is 13.8. The van der Waals surface area contributed by atoms with Gasteiger partial charge in [0.15, 0.2) is 13.2 Å². The Morgan fingerprint density at radius 1 is 1.07 bits per heavy atom. The van der Waals surface area contributed by atoms with E-state index in [4.69, 9.17) is 9.47 Å². The molecule has 156 valence electrons. The lowest BCUT2D eigenvalue weighted by Gasteiger charge is -2.30. The van der Waals surface area contributed by atoms with Gasteiger partial charge in [-0.1, -0.05) is 25.3 Å². The maximum atomic E-state index is 12.6. The van der Waals surface area contributed by atoms with Gasteiger partial charge in [0.05, 0.1) is 0 Å². The summed E-state index contributed by atoms with van der Waals surface area (Å²) in [4.78, 5) is 48.5. The van der Waals surface area contributed by atoms with Crippen LogP contribution < -0.4 is 15.5 Å². The number of imide groups is 1. The quantitative estimate of drug-likeness (QED) is 0.550. The van der Waals surface area contributed by atoms with E-state index in [9.17, 15) is 19.2 Å². The van der Waals surface area contributed by atoms with E-state index in [1.807, 2.05) is 19.9 Å². The number of rotatable bonds is 6. The zero-order valence-electron chi connectivity index (χ0n) is 16.6. The highest BCUT2D eigenvalue weighted by molar-refractivity contribution is 6.08. The fourth-order valence-corrected chi connectivity index (χ4v) is 3.72. The number of nitrogens with zero attached hydrogens (tertiary/aromatic N) is 1. The maximum Gasteiger partial charge on any atom is 0.344 e. The normalized spacial score (nSPS) is 17.8. The van der Waals surface area contributed by atoms with Gasteiger partial charge in [-0.3, -0.25) is 15.0 Å². The predicted octanol–water partition coefficient (Wildman–Crippen LogP) is 1.51. The van der Waals surface area contributed by atoms with Gasteiger partial charge < -0.3 is 14.8 Å². The summed E-state index contributed by atoms with van der Waals surface area (Å²) in [6, 6.07) is 4.87. The fourth-order valence-electron chi connectivity index (χ4n) is 3.72. The van der Waals surface area contributed by atoms with E-state index in [1.165, 1.54) is 0 Å². The van der Waals surface area contributed by atoms with Gasteiger partial charge in [-0.05, 0) is 49.9 Å². The summed E-state index contributed by atoms with van der Waals surface area (Å²) in [6.07, 6.45) is 3.79. The molecular formula is C20H25N3O6. The van der Waals surface area contributed by atoms with Crippen LogP contribution in [0.15, 0.2) is 18.2 Å².